The average molecular weight is 544 g/mol. The Hall–Kier alpha value is -4.28. The van der Waals surface area contributed by atoms with E-state index in [2.05, 4.69) is 19.4 Å². The molecule has 0 spiro atoms. The third-order valence-electron chi connectivity index (χ3n) is 8.00. The van der Waals surface area contributed by atoms with Crippen LogP contribution in [0.1, 0.15) is 34.7 Å². The fraction of sp³-hybridized carbons (Fsp3) is 0.267. The van der Waals surface area contributed by atoms with Crippen molar-refractivity contribution in [2.24, 2.45) is 10.7 Å². The van der Waals surface area contributed by atoms with Crippen LogP contribution in [0.15, 0.2) is 59.6 Å². The molecule has 0 unspecified atom stereocenters. The van der Waals surface area contributed by atoms with Gasteiger partial charge in [-0.2, -0.15) is 4.99 Å². The van der Waals surface area contributed by atoms with Crippen molar-refractivity contribution in [3.63, 3.8) is 0 Å². The van der Waals surface area contributed by atoms with Crippen LogP contribution >= 0.6 is 0 Å². The maximum absolute atomic E-state index is 14.8. The number of imidazole rings is 1. The van der Waals surface area contributed by atoms with E-state index in [1.54, 1.807) is 12.1 Å². The average Bonchev–Trinajstić information content (AvgIpc) is 3.46. The van der Waals surface area contributed by atoms with Crippen molar-refractivity contribution in [1.29, 1.82) is 0 Å². The molecule has 40 heavy (non-hydrogen) atoms. The highest BCUT2D eigenvalue weighted by atomic mass is 19.1. The largest absolute Gasteiger partial charge is 0.488 e. The Morgan fingerprint density at radius 2 is 2.00 bits per heavy atom. The SMILES string of the molecule is NC(=O)/N=c1\[nH]c2cc(/C=C3/c4ccc(F)cc4OCc4c(F)cccc43)ccc2n1[C@H]1C[C@@H]2COCCN2C1. The molecule has 1 aromatic heterocycles. The number of amides is 2. The van der Waals surface area contributed by atoms with Crippen molar-refractivity contribution in [2.75, 3.05) is 26.3 Å². The lowest BCUT2D eigenvalue weighted by atomic mass is 9.92. The first-order valence-electron chi connectivity index (χ1n) is 13.3. The molecule has 3 aliphatic heterocycles. The fourth-order valence-corrected chi connectivity index (χ4v) is 6.21. The lowest BCUT2D eigenvalue weighted by molar-refractivity contribution is 0.0128. The molecule has 2 saturated heterocycles. The van der Waals surface area contributed by atoms with E-state index in [1.165, 1.54) is 18.2 Å². The molecule has 2 amide bonds. The fourth-order valence-electron chi connectivity index (χ4n) is 6.21. The van der Waals surface area contributed by atoms with Crippen LogP contribution in [0.5, 0.6) is 5.75 Å². The molecule has 0 saturated carbocycles. The lowest BCUT2D eigenvalue weighted by Gasteiger charge is -2.28. The quantitative estimate of drug-likeness (QED) is 0.393. The number of benzene rings is 3. The Kier molecular flexibility index (Phi) is 6.01. The molecule has 8 nitrogen and oxygen atoms in total. The second-order valence-corrected chi connectivity index (χ2v) is 10.4. The summed E-state index contributed by atoms with van der Waals surface area (Å²) in [6.45, 7) is 3.10. The zero-order valence-electron chi connectivity index (χ0n) is 21.6. The molecule has 0 aliphatic carbocycles. The van der Waals surface area contributed by atoms with Crippen LogP contribution in [-0.4, -0.2) is 52.8 Å². The Morgan fingerprint density at radius 3 is 2.85 bits per heavy atom. The van der Waals surface area contributed by atoms with E-state index >= 15 is 0 Å². The summed E-state index contributed by atoms with van der Waals surface area (Å²) in [6.07, 6.45) is 2.81. The number of hydrogen-bond acceptors (Lipinski definition) is 4. The zero-order valence-corrected chi connectivity index (χ0v) is 21.6. The highest BCUT2D eigenvalue weighted by molar-refractivity contribution is 5.96. The highest BCUT2D eigenvalue weighted by Gasteiger charge is 2.36. The molecule has 2 atom stereocenters. The highest BCUT2D eigenvalue weighted by Crippen LogP contribution is 2.39. The summed E-state index contributed by atoms with van der Waals surface area (Å²) >= 11 is 0. The Bertz CT molecular complexity index is 1740. The number of H-pyrrole nitrogens is 1. The van der Waals surface area contributed by atoms with Gasteiger partial charge in [-0.3, -0.25) is 4.90 Å². The first kappa shape index (κ1) is 24.7. The molecule has 204 valence electrons. The number of hydrogen-bond donors (Lipinski definition) is 2. The van der Waals surface area contributed by atoms with Crippen molar-refractivity contribution < 1.29 is 23.0 Å². The standard InChI is InChI=1S/C30H27F2N5O3/c31-18-5-6-22-23(21-2-1-3-25(32)24(21)16-40-28(22)12-18)10-17-4-7-27-26(11-17)34-30(35-29(33)38)37(27)19-13-20-15-39-9-8-36(20)14-19/h1-7,10-12,19-20H,8-9,13-16H2,(H3,33,34,35,38)/b23-10+/t19-,20+/m0/s1. The number of morpholine rings is 1. The third-order valence-corrected chi connectivity index (χ3v) is 8.00. The molecular formula is C30H27F2N5O3. The van der Waals surface area contributed by atoms with Crippen molar-refractivity contribution >= 4 is 28.7 Å². The van der Waals surface area contributed by atoms with Crippen LogP contribution in [0.3, 0.4) is 0 Å². The number of fused-ring (bicyclic) bond motifs is 4. The monoisotopic (exact) mass is 543 g/mol. The minimum absolute atomic E-state index is 0.00607. The maximum atomic E-state index is 14.8. The Labute approximate surface area is 228 Å². The zero-order chi connectivity index (χ0) is 27.4. The van der Waals surface area contributed by atoms with Gasteiger partial charge in [0.1, 0.15) is 24.0 Å². The number of rotatable bonds is 2. The van der Waals surface area contributed by atoms with E-state index in [0.29, 0.717) is 47.3 Å². The van der Waals surface area contributed by atoms with Crippen molar-refractivity contribution in [1.82, 2.24) is 14.5 Å². The molecule has 4 aromatic rings. The predicted octanol–water partition coefficient (Wildman–Crippen LogP) is 4.35. The summed E-state index contributed by atoms with van der Waals surface area (Å²) in [5.41, 5.74) is 10.8. The Balaban J connectivity index is 1.37. The van der Waals surface area contributed by atoms with Gasteiger partial charge >= 0.3 is 6.03 Å². The second-order valence-electron chi connectivity index (χ2n) is 10.4. The number of primary amides is 1. The van der Waals surface area contributed by atoms with Gasteiger partial charge in [-0.25, -0.2) is 13.6 Å². The van der Waals surface area contributed by atoms with Gasteiger partial charge < -0.3 is 24.8 Å². The predicted molar refractivity (Wildman–Crippen MR) is 145 cm³/mol. The van der Waals surface area contributed by atoms with Gasteiger partial charge in [0.2, 0.25) is 5.62 Å². The van der Waals surface area contributed by atoms with E-state index in [4.69, 9.17) is 15.2 Å². The summed E-state index contributed by atoms with van der Waals surface area (Å²) in [6, 6.07) is 14.8. The molecule has 3 aliphatic rings. The molecule has 0 radical (unpaired) electrons. The molecule has 7 rings (SSSR count). The van der Waals surface area contributed by atoms with E-state index < -0.39 is 11.8 Å². The number of carbonyl (C=O) groups excluding carboxylic acids is 1. The van der Waals surface area contributed by atoms with Gasteiger partial charge in [-0.1, -0.05) is 18.2 Å². The summed E-state index contributed by atoms with van der Waals surface area (Å²) in [5.74, 6) is -0.458. The van der Waals surface area contributed by atoms with Gasteiger partial charge in [-0.05, 0) is 59.5 Å². The van der Waals surface area contributed by atoms with Crippen LogP contribution < -0.4 is 16.1 Å². The number of carbonyl (C=O) groups is 1. The third kappa shape index (κ3) is 4.29. The number of ether oxygens (including phenoxy) is 2. The minimum Gasteiger partial charge on any atom is -0.488 e. The molecule has 4 heterocycles. The number of nitrogens with two attached hydrogens (primary N) is 1. The topological polar surface area (TPSA) is 97.9 Å². The molecular weight excluding hydrogens is 516 g/mol. The normalized spacial score (nSPS) is 22.1. The maximum Gasteiger partial charge on any atom is 0.341 e. The van der Waals surface area contributed by atoms with Crippen molar-refractivity contribution in [3.05, 3.63) is 94.1 Å². The van der Waals surface area contributed by atoms with Crippen LogP contribution in [0.4, 0.5) is 13.6 Å². The van der Waals surface area contributed by atoms with Gasteiger partial charge in [0, 0.05) is 36.3 Å². The summed E-state index contributed by atoms with van der Waals surface area (Å²) < 4.78 is 42.5. The molecule has 0 bridgehead atoms. The number of aromatic nitrogens is 2. The number of urea groups is 1. The summed E-state index contributed by atoms with van der Waals surface area (Å²) in [5, 5.41) is 0. The van der Waals surface area contributed by atoms with Gasteiger partial charge in [0.15, 0.2) is 0 Å². The van der Waals surface area contributed by atoms with E-state index in [9.17, 15) is 13.6 Å². The van der Waals surface area contributed by atoms with Crippen molar-refractivity contribution in [2.45, 2.75) is 25.1 Å². The molecule has 3 N–H and O–H groups in total. The van der Waals surface area contributed by atoms with Crippen LogP contribution in [0.2, 0.25) is 0 Å². The van der Waals surface area contributed by atoms with Gasteiger partial charge in [0.25, 0.3) is 0 Å². The molecule has 3 aromatic carbocycles. The first-order chi connectivity index (χ1) is 19.4. The van der Waals surface area contributed by atoms with Crippen molar-refractivity contribution in [3.8, 4) is 5.75 Å². The van der Waals surface area contributed by atoms with Gasteiger partial charge in [0.05, 0.1) is 30.3 Å². The van der Waals surface area contributed by atoms with E-state index in [1.807, 2.05) is 30.3 Å². The lowest BCUT2D eigenvalue weighted by Crippen LogP contribution is -2.40. The first-order valence-corrected chi connectivity index (χ1v) is 13.3. The number of nitrogens with zero attached hydrogens (tertiary/aromatic N) is 3. The van der Waals surface area contributed by atoms with E-state index in [-0.39, 0.29) is 18.5 Å². The minimum atomic E-state index is -0.775. The van der Waals surface area contributed by atoms with Gasteiger partial charge in [-0.15, -0.1) is 0 Å². The number of nitrogens with one attached hydrogen (secondary N) is 1. The smallest absolute Gasteiger partial charge is 0.341 e. The second kappa shape index (κ2) is 9.72. The number of halogens is 2. The summed E-state index contributed by atoms with van der Waals surface area (Å²) in [7, 11) is 0. The molecule has 10 heteroatoms. The van der Waals surface area contributed by atoms with Crippen LogP contribution in [-0.2, 0) is 11.3 Å². The van der Waals surface area contributed by atoms with E-state index in [0.717, 1.165) is 41.7 Å². The summed E-state index contributed by atoms with van der Waals surface area (Å²) in [4.78, 5) is 21.6. The van der Waals surface area contributed by atoms with Crippen LogP contribution in [0, 0.1) is 11.6 Å². The number of aromatic amines is 1. The molecule has 2 fully saturated rings. The Morgan fingerprint density at radius 1 is 1.10 bits per heavy atom. The van der Waals surface area contributed by atoms with Crippen LogP contribution in [0.25, 0.3) is 22.7 Å².